The van der Waals surface area contributed by atoms with Gasteiger partial charge in [0, 0.05) is 22.2 Å². The van der Waals surface area contributed by atoms with E-state index in [0.717, 1.165) is 5.69 Å². The summed E-state index contributed by atoms with van der Waals surface area (Å²) in [7, 11) is 0. The van der Waals surface area contributed by atoms with Gasteiger partial charge in [0.05, 0.1) is 5.69 Å². The van der Waals surface area contributed by atoms with E-state index in [2.05, 4.69) is 183 Å². The van der Waals surface area contributed by atoms with Crippen LogP contribution in [0.25, 0.3) is 77.5 Å². The first-order valence-corrected chi connectivity index (χ1v) is 17.6. The highest BCUT2D eigenvalue weighted by atomic mass is 15.1. The van der Waals surface area contributed by atoms with Crippen molar-refractivity contribution in [3.8, 4) is 66.8 Å². The molecule has 1 nitrogen and oxygen atoms in total. The smallest absolute Gasteiger partial charge is 0.0540 e. The lowest BCUT2D eigenvalue weighted by molar-refractivity contribution is 0.660. The highest BCUT2D eigenvalue weighted by molar-refractivity contribution is 6.15. The molecule has 11 rings (SSSR count). The molecule has 8 aromatic carbocycles. The Hall–Kier alpha value is -6.18. The minimum Gasteiger partial charge on any atom is -0.310 e. The van der Waals surface area contributed by atoms with Crippen molar-refractivity contribution in [3.63, 3.8) is 0 Å². The third kappa shape index (κ3) is 3.62. The van der Waals surface area contributed by atoms with Crippen LogP contribution in [0.3, 0.4) is 0 Å². The van der Waals surface area contributed by atoms with Crippen molar-refractivity contribution in [2.24, 2.45) is 0 Å². The van der Waals surface area contributed by atoms with Gasteiger partial charge in [0.2, 0.25) is 0 Å². The first-order chi connectivity index (χ1) is 24.6. The zero-order valence-corrected chi connectivity index (χ0v) is 28.0. The average molecular weight is 636 g/mol. The van der Waals surface area contributed by atoms with Crippen molar-refractivity contribution >= 4 is 27.8 Å². The molecule has 0 aliphatic heterocycles. The number of benzene rings is 8. The molecule has 50 heavy (non-hydrogen) atoms. The second-order valence-electron chi connectivity index (χ2n) is 14.5. The summed E-state index contributed by atoms with van der Waals surface area (Å²) in [6.07, 6.45) is 0. The van der Waals surface area contributed by atoms with Crippen molar-refractivity contribution in [1.29, 1.82) is 0 Å². The summed E-state index contributed by atoms with van der Waals surface area (Å²) in [5.41, 5.74) is 21.9. The van der Waals surface area contributed by atoms with Gasteiger partial charge < -0.3 is 4.90 Å². The summed E-state index contributed by atoms with van der Waals surface area (Å²) in [5, 5.41) is 2.47. The van der Waals surface area contributed by atoms with E-state index >= 15 is 0 Å². The maximum Gasteiger partial charge on any atom is 0.0540 e. The van der Waals surface area contributed by atoms with Crippen LogP contribution < -0.4 is 4.90 Å². The Morgan fingerprint density at radius 3 is 1.64 bits per heavy atom. The summed E-state index contributed by atoms with van der Waals surface area (Å²) in [5.74, 6) is 0. The van der Waals surface area contributed by atoms with Crippen LogP contribution in [0.2, 0.25) is 0 Å². The normalized spacial score (nSPS) is 13.6. The Bertz CT molecular complexity index is 2720. The zero-order valence-electron chi connectivity index (χ0n) is 28.0. The molecule has 0 heterocycles. The van der Waals surface area contributed by atoms with Gasteiger partial charge in [-0.05, 0) is 114 Å². The number of rotatable bonds is 3. The lowest BCUT2D eigenvalue weighted by Crippen LogP contribution is -2.16. The van der Waals surface area contributed by atoms with Crippen LogP contribution in [0.5, 0.6) is 0 Å². The number of hydrogen-bond acceptors (Lipinski definition) is 1. The van der Waals surface area contributed by atoms with Gasteiger partial charge in [-0.1, -0.05) is 147 Å². The second kappa shape index (κ2) is 9.94. The molecule has 0 spiro atoms. The third-order valence-electron chi connectivity index (χ3n) is 11.6. The number of anilines is 3. The lowest BCUT2D eigenvalue weighted by Gasteiger charge is -2.30. The maximum absolute atomic E-state index is 2.49. The molecule has 3 aliphatic rings. The van der Waals surface area contributed by atoms with Crippen molar-refractivity contribution in [2.45, 2.75) is 19.3 Å². The molecule has 0 atom stereocenters. The van der Waals surface area contributed by atoms with Crippen molar-refractivity contribution in [1.82, 2.24) is 0 Å². The Kier molecular flexibility index (Phi) is 5.51. The SMILES string of the molecule is CC1(C)c2ccccc2-c2ccc(N(c3ccc4c(c3)-c3c5cccc3-c3cccc-4c3-c3ccccc3-5)c3cccc4ccccc34)cc21. The Morgan fingerprint density at radius 1 is 0.360 bits per heavy atom. The number of fused-ring (bicyclic) bond motifs is 8. The van der Waals surface area contributed by atoms with E-state index in [4.69, 9.17) is 0 Å². The van der Waals surface area contributed by atoms with Gasteiger partial charge in [-0.3, -0.25) is 0 Å². The molecule has 0 saturated carbocycles. The van der Waals surface area contributed by atoms with Gasteiger partial charge in [0.1, 0.15) is 0 Å². The van der Waals surface area contributed by atoms with Crippen LogP contribution in [0.1, 0.15) is 25.0 Å². The average Bonchev–Trinajstić information content (AvgIpc) is 3.32. The molecule has 0 radical (unpaired) electrons. The predicted octanol–water partition coefficient (Wildman–Crippen LogP) is 13.6. The molecule has 6 bridgehead atoms. The molecule has 3 aliphatic carbocycles. The standard InChI is InChI=1S/C49H33N/c1-49(2)44-22-8-7-16-36(44)37-27-25-32(29-45(37)49)50(46-23-9-13-30-12-3-4-14-33(30)46)31-24-26-35-40-19-11-20-41-42-21-10-18-39(48(42)43(35)28-31)34-15-5-6-17-38(34)47(40)41/h3-29H,1-2H3. The fourth-order valence-electron chi connectivity index (χ4n) is 9.29. The van der Waals surface area contributed by atoms with Crippen LogP contribution >= 0.6 is 0 Å². The topological polar surface area (TPSA) is 3.24 Å². The molecule has 234 valence electrons. The van der Waals surface area contributed by atoms with E-state index in [1.807, 2.05) is 0 Å². The lowest BCUT2D eigenvalue weighted by atomic mass is 9.82. The van der Waals surface area contributed by atoms with Gasteiger partial charge in [0.25, 0.3) is 0 Å². The van der Waals surface area contributed by atoms with E-state index in [-0.39, 0.29) is 5.41 Å². The quantitative estimate of drug-likeness (QED) is 0.187. The highest BCUT2D eigenvalue weighted by Crippen LogP contribution is 2.58. The maximum atomic E-state index is 2.49. The second-order valence-corrected chi connectivity index (χ2v) is 14.5. The molecule has 0 fully saturated rings. The highest BCUT2D eigenvalue weighted by Gasteiger charge is 2.36. The largest absolute Gasteiger partial charge is 0.310 e. The van der Waals surface area contributed by atoms with Crippen LogP contribution in [0, 0.1) is 0 Å². The van der Waals surface area contributed by atoms with Crippen LogP contribution in [-0.2, 0) is 5.41 Å². The predicted molar refractivity (Wildman–Crippen MR) is 210 cm³/mol. The summed E-state index contributed by atoms with van der Waals surface area (Å²) in [4.78, 5) is 2.49. The summed E-state index contributed by atoms with van der Waals surface area (Å²) in [6, 6.07) is 61.3. The minimum absolute atomic E-state index is 0.0984. The molecule has 8 aromatic rings. The molecule has 0 aromatic heterocycles. The first-order valence-electron chi connectivity index (χ1n) is 17.6. The number of hydrogen-bond donors (Lipinski definition) is 0. The molecule has 0 amide bonds. The van der Waals surface area contributed by atoms with Gasteiger partial charge in [-0.15, -0.1) is 0 Å². The van der Waals surface area contributed by atoms with Gasteiger partial charge >= 0.3 is 0 Å². The van der Waals surface area contributed by atoms with Crippen LogP contribution in [-0.4, -0.2) is 0 Å². The zero-order chi connectivity index (χ0) is 33.1. The molecular weight excluding hydrogens is 603 g/mol. The van der Waals surface area contributed by atoms with E-state index in [9.17, 15) is 0 Å². The van der Waals surface area contributed by atoms with E-state index in [0.29, 0.717) is 0 Å². The fraction of sp³-hybridized carbons (Fsp3) is 0.0612. The van der Waals surface area contributed by atoms with Gasteiger partial charge in [0.15, 0.2) is 0 Å². The molecule has 1 heteroatoms. The molecule has 0 N–H and O–H groups in total. The van der Waals surface area contributed by atoms with Crippen LogP contribution in [0.15, 0.2) is 164 Å². The Labute approximate surface area is 292 Å². The fourth-order valence-corrected chi connectivity index (χ4v) is 9.29. The van der Waals surface area contributed by atoms with Crippen molar-refractivity contribution in [3.05, 3.63) is 175 Å². The van der Waals surface area contributed by atoms with Crippen molar-refractivity contribution in [2.75, 3.05) is 4.90 Å². The van der Waals surface area contributed by atoms with E-state index in [1.165, 1.54) is 100 Å². The monoisotopic (exact) mass is 635 g/mol. The molecule has 0 saturated heterocycles. The minimum atomic E-state index is -0.0984. The Balaban J connectivity index is 1.20. The first kappa shape index (κ1) is 27.7. The van der Waals surface area contributed by atoms with Crippen LogP contribution in [0.4, 0.5) is 17.1 Å². The number of nitrogens with zero attached hydrogens (tertiary/aromatic N) is 1. The van der Waals surface area contributed by atoms with Gasteiger partial charge in [-0.25, -0.2) is 0 Å². The third-order valence-corrected chi connectivity index (χ3v) is 11.6. The van der Waals surface area contributed by atoms with E-state index in [1.54, 1.807) is 0 Å². The Morgan fingerprint density at radius 2 is 0.860 bits per heavy atom. The summed E-state index contributed by atoms with van der Waals surface area (Å²) in [6.45, 7) is 4.73. The summed E-state index contributed by atoms with van der Waals surface area (Å²) < 4.78 is 0. The summed E-state index contributed by atoms with van der Waals surface area (Å²) >= 11 is 0. The van der Waals surface area contributed by atoms with Gasteiger partial charge in [-0.2, -0.15) is 0 Å². The van der Waals surface area contributed by atoms with Crippen molar-refractivity contribution < 1.29 is 0 Å². The molecule has 0 unspecified atom stereocenters. The van der Waals surface area contributed by atoms with E-state index < -0.39 is 0 Å². The molecular formula is C49H33N.